The van der Waals surface area contributed by atoms with Crippen molar-refractivity contribution < 1.29 is 0 Å². The van der Waals surface area contributed by atoms with Gasteiger partial charge in [-0.15, -0.1) is 0 Å². The highest BCUT2D eigenvalue weighted by molar-refractivity contribution is 7.80. The van der Waals surface area contributed by atoms with Gasteiger partial charge in [-0.3, -0.25) is 0 Å². The Labute approximate surface area is 79.7 Å². The lowest BCUT2D eigenvalue weighted by Gasteiger charge is -2.03. The van der Waals surface area contributed by atoms with Gasteiger partial charge in [0.15, 0.2) is 0 Å². The fraction of sp³-hybridized carbons (Fsp3) is 0.273. The summed E-state index contributed by atoms with van der Waals surface area (Å²) >= 11 is 4.34. The first-order valence-corrected chi connectivity index (χ1v) is 4.63. The highest BCUT2D eigenvalue weighted by atomic mass is 32.1. The van der Waals surface area contributed by atoms with E-state index in [-0.39, 0.29) is 0 Å². The summed E-state index contributed by atoms with van der Waals surface area (Å²) in [5.74, 6) is 0. The van der Waals surface area contributed by atoms with Gasteiger partial charge in [-0.2, -0.15) is 12.6 Å². The van der Waals surface area contributed by atoms with Crippen LogP contribution in [0.15, 0.2) is 30.8 Å². The summed E-state index contributed by atoms with van der Waals surface area (Å²) in [4.78, 5) is 0. The van der Waals surface area contributed by atoms with Crippen LogP contribution in [0.5, 0.6) is 0 Å². The molecule has 0 heterocycles. The maximum Gasteiger partial charge on any atom is 0.00288 e. The number of thiol groups is 1. The molecule has 1 heteroatoms. The van der Waals surface area contributed by atoms with Gasteiger partial charge in [0.2, 0.25) is 0 Å². The summed E-state index contributed by atoms with van der Waals surface area (Å²) in [6.07, 6.45) is 2.88. The van der Waals surface area contributed by atoms with E-state index in [4.69, 9.17) is 0 Å². The van der Waals surface area contributed by atoms with Gasteiger partial charge in [0.05, 0.1) is 0 Å². The maximum atomic E-state index is 4.34. The van der Waals surface area contributed by atoms with Crippen molar-refractivity contribution in [2.75, 3.05) is 0 Å². The third kappa shape index (κ3) is 2.74. The zero-order valence-electron chi connectivity index (χ0n) is 7.33. The quantitative estimate of drug-likeness (QED) is 0.675. The second-order valence-electron chi connectivity index (χ2n) is 3.00. The molecule has 1 rings (SSSR count). The molecule has 1 aromatic rings. The van der Waals surface area contributed by atoms with E-state index < -0.39 is 0 Å². The molecule has 0 aliphatic rings. The Kier molecular flexibility index (Phi) is 3.42. The van der Waals surface area contributed by atoms with Crippen molar-refractivity contribution in [2.45, 2.75) is 18.6 Å². The van der Waals surface area contributed by atoms with E-state index in [2.05, 4.69) is 50.4 Å². The molecule has 0 N–H and O–H groups in total. The third-order valence-electron chi connectivity index (χ3n) is 1.75. The first-order valence-electron chi connectivity index (χ1n) is 4.12. The molecule has 0 saturated carbocycles. The van der Waals surface area contributed by atoms with Gasteiger partial charge in [0.1, 0.15) is 0 Å². The van der Waals surface area contributed by atoms with Crippen LogP contribution in [0.1, 0.15) is 18.1 Å². The van der Waals surface area contributed by atoms with Gasteiger partial charge >= 0.3 is 0 Å². The van der Waals surface area contributed by atoms with Crippen molar-refractivity contribution in [3.8, 4) is 0 Å². The normalized spacial score (nSPS) is 12.5. The lowest BCUT2D eigenvalue weighted by molar-refractivity contribution is 0.950. The molecular weight excluding hydrogens is 164 g/mol. The fourth-order valence-corrected chi connectivity index (χ4v) is 1.34. The van der Waals surface area contributed by atoms with Crippen LogP contribution in [-0.2, 0) is 6.42 Å². The van der Waals surface area contributed by atoms with Crippen molar-refractivity contribution >= 4 is 18.7 Å². The van der Waals surface area contributed by atoms with Crippen molar-refractivity contribution in [1.29, 1.82) is 0 Å². The summed E-state index contributed by atoms with van der Waals surface area (Å²) in [5.41, 5.74) is 2.51. The molecule has 0 fully saturated rings. The van der Waals surface area contributed by atoms with Crippen molar-refractivity contribution in [1.82, 2.24) is 0 Å². The van der Waals surface area contributed by atoms with Gasteiger partial charge < -0.3 is 0 Å². The Morgan fingerprint density at radius 2 is 2.00 bits per heavy atom. The molecule has 0 aliphatic carbocycles. The zero-order chi connectivity index (χ0) is 8.97. The van der Waals surface area contributed by atoms with Gasteiger partial charge in [0.25, 0.3) is 0 Å². The number of hydrogen-bond donors (Lipinski definition) is 1. The van der Waals surface area contributed by atoms with Crippen LogP contribution >= 0.6 is 12.6 Å². The van der Waals surface area contributed by atoms with E-state index in [0.717, 1.165) is 6.42 Å². The van der Waals surface area contributed by atoms with Crippen LogP contribution in [-0.4, -0.2) is 5.25 Å². The molecule has 12 heavy (non-hydrogen) atoms. The minimum Gasteiger partial charge on any atom is -0.176 e. The Bertz CT molecular complexity index is 246. The molecule has 0 bridgehead atoms. The molecular formula is C11H14S. The highest BCUT2D eigenvalue weighted by Crippen LogP contribution is 2.09. The largest absolute Gasteiger partial charge is 0.176 e. The van der Waals surface area contributed by atoms with Crippen LogP contribution in [0.3, 0.4) is 0 Å². The molecule has 1 unspecified atom stereocenters. The molecule has 0 nitrogen and oxygen atoms in total. The minimum atomic E-state index is 0.430. The van der Waals surface area contributed by atoms with Crippen molar-refractivity contribution in [3.05, 3.63) is 42.0 Å². The molecule has 1 atom stereocenters. The van der Waals surface area contributed by atoms with Crippen LogP contribution in [0.25, 0.3) is 6.08 Å². The van der Waals surface area contributed by atoms with E-state index in [9.17, 15) is 0 Å². The average Bonchev–Trinajstić information content (AvgIpc) is 2.05. The summed E-state index contributed by atoms with van der Waals surface area (Å²) in [5, 5.41) is 0.430. The molecule has 0 amide bonds. The summed E-state index contributed by atoms with van der Waals surface area (Å²) < 4.78 is 0. The SMILES string of the molecule is C=Cc1ccc(CC(C)S)cc1. The Morgan fingerprint density at radius 3 is 2.42 bits per heavy atom. The van der Waals surface area contributed by atoms with Crippen LogP contribution in [0.4, 0.5) is 0 Å². The molecule has 1 aromatic carbocycles. The first-order chi connectivity index (χ1) is 5.72. The van der Waals surface area contributed by atoms with Crippen molar-refractivity contribution in [2.24, 2.45) is 0 Å². The lowest BCUT2D eigenvalue weighted by atomic mass is 10.1. The molecule has 64 valence electrons. The standard InChI is InChI=1S/C11H14S/c1-3-10-4-6-11(7-5-10)8-9(2)12/h3-7,9,12H,1,8H2,2H3. The van der Waals surface area contributed by atoms with E-state index in [0.29, 0.717) is 5.25 Å². The number of benzene rings is 1. The van der Waals surface area contributed by atoms with E-state index in [1.807, 2.05) is 6.08 Å². The van der Waals surface area contributed by atoms with Gasteiger partial charge in [0, 0.05) is 5.25 Å². The van der Waals surface area contributed by atoms with Crippen LogP contribution in [0, 0.1) is 0 Å². The first kappa shape index (κ1) is 9.40. The van der Waals surface area contributed by atoms with Gasteiger partial charge in [-0.25, -0.2) is 0 Å². The minimum absolute atomic E-state index is 0.430. The molecule has 0 aromatic heterocycles. The lowest BCUT2D eigenvalue weighted by Crippen LogP contribution is -1.96. The predicted octanol–water partition coefficient (Wildman–Crippen LogP) is 3.19. The smallest absolute Gasteiger partial charge is 0.00288 e. The number of hydrogen-bond acceptors (Lipinski definition) is 1. The molecule has 0 aliphatic heterocycles. The maximum absolute atomic E-state index is 4.34. The van der Waals surface area contributed by atoms with Crippen molar-refractivity contribution in [3.63, 3.8) is 0 Å². The number of rotatable bonds is 3. The van der Waals surface area contributed by atoms with Gasteiger partial charge in [-0.05, 0) is 17.5 Å². The summed E-state index contributed by atoms with van der Waals surface area (Å²) in [6, 6.07) is 8.42. The summed E-state index contributed by atoms with van der Waals surface area (Å²) in [7, 11) is 0. The monoisotopic (exact) mass is 178 g/mol. The second kappa shape index (κ2) is 4.36. The molecule has 0 spiro atoms. The predicted molar refractivity (Wildman–Crippen MR) is 58.7 cm³/mol. The highest BCUT2D eigenvalue weighted by Gasteiger charge is 1.96. The topological polar surface area (TPSA) is 0 Å². The van der Waals surface area contributed by atoms with Crippen LogP contribution in [0.2, 0.25) is 0 Å². The molecule has 0 radical (unpaired) electrons. The van der Waals surface area contributed by atoms with Gasteiger partial charge in [-0.1, -0.05) is 43.8 Å². The fourth-order valence-electron chi connectivity index (χ4n) is 1.13. The molecule has 0 saturated heterocycles. The average molecular weight is 178 g/mol. The Hall–Kier alpha value is -0.690. The van der Waals surface area contributed by atoms with E-state index >= 15 is 0 Å². The zero-order valence-corrected chi connectivity index (χ0v) is 8.22. The Morgan fingerprint density at radius 1 is 1.42 bits per heavy atom. The van der Waals surface area contributed by atoms with E-state index in [1.165, 1.54) is 11.1 Å². The third-order valence-corrected chi connectivity index (χ3v) is 1.93. The Balaban J connectivity index is 2.71. The van der Waals surface area contributed by atoms with Crippen LogP contribution < -0.4 is 0 Å². The van der Waals surface area contributed by atoms with E-state index in [1.54, 1.807) is 0 Å². The summed E-state index contributed by atoms with van der Waals surface area (Å²) in [6.45, 7) is 5.81. The second-order valence-corrected chi connectivity index (χ2v) is 3.88.